The Labute approximate surface area is 96.6 Å². The van der Waals surface area contributed by atoms with Crippen LogP contribution in [-0.4, -0.2) is 12.6 Å². The van der Waals surface area contributed by atoms with E-state index in [0.29, 0.717) is 10.7 Å². The maximum atomic E-state index is 11.0. The zero-order valence-electron chi connectivity index (χ0n) is 7.59. The van der Waals surface area contributed by atoms with Crippen LogP contribution in [0.1, 0.15) is 0 Å². The van der Waals surface area contributed by atoms with Gasteiger partial charge >= 0.3 is 5.97 Å². The third-order valence-corrected chi connectivity index (χ3v) is 2.57. The lowest BCUT2D eigenvalue weighted by molar-refractivity contribution is -0.135. The van der Waals surface area contributed by atoms with E-state index in [1.165, 1.54) is 0 Å². The third kappa shape index (κ3) is 2.25. The summed E-state index contributed by atoms with van der Waals surface area (Å²) in [4.78, 5) is 11.0. The van der Waals surface area contributed by atoms with E-state index in [4.69, 9.17) is 27.9 Å². The molecule has 1 aliphatic rings. The van der Waals surface area contributed by atoms with Crippen LogP contribution in [0.2, 0.25) is 5.02 Å². The molecule has 0 saturated carbocycles. The molecular formula is C10H7Cl2NO2. The minimum absolute atomic E-state index is 0.102. The summed E-state index contributed by atoms with van der Waals surface area (Å²) in [6, 6.07) is 7.08. The van der Waals surface area contributed by atoms with E-state index in [2.05, 4.69) is 5.32 Å². The van der Waals surface area contributed by atoms with Crippen LogP contribution >= 0.6 is 23.2 Å². The molecule has 0 bridgehead atoms. The summed E-state index contributed by atoms with van der Waals surface area (Å²) in [6.45, 7) is 0.181. The number of esters is 1. The molecule has 1 heterocycles. The molecule has 5 heteroatoms. The first-order valence-electron chi connectivity index (χ1n) is 4.25. The minimum Gasteiger partial charge on any atom is -0.455 e. The Morgan fingerprint density at radius 1 is 1.20 bits per heavy atom. The van der Waals surface area contributed by atoms with Crippen molar-refractivity contribution in [2.24, 2.45) is 0 Å². The fourth-order valence-corrected chi connectivity index (χ4v) is 1.47. The van der Waals surface area contributed by atoms with E-state index in [0.717, 1.165) is 5.69 Å². The van der Waals surface area contributed by atoms with Crippen molar-refractivity contribution in [1.82, 2.24) is 0 Å². The van der Waals surface area contributed by atoms with Gasteiger partial charge in [0.25, 0.3) is 0 Å². The Hall–Kier alpha value is -1.19. The summed E-state index contributed by atoms with van der Waals surface area (Å²) in [5, 5.41) is 3.75. The van der Waals surface area contributed by atoms with E-state index in [1.807, 2.05) is 0 Å². The highest BCUT2D eigenvalue weighted by Gasteiger charge is 2.22. The summed E-state index contributed by atoms with van der Waals surface area (Å²) in [5.74, 6) is -0.492. The Bertz CT molecular complexity index is 426. The molecule has 78 valence electrons. The van der Waals surface area contributed by atoms with Gasteiger partial charge in [-0.3, -0.25) is 0 Å². The zero-order valence-corrected chi connectivity index (χ0v) is 9.10. The number of rotatable bonds is 2. The van der Waals surface area contributed by atoms with Gasteiger partial charge in [0.05, 0.1) is 5.70 Å². The van der Waals surface area contributed by atoms with Gasteiger partial charge in [-0.25, -0.2) is 4.79 Å². The Balaban J connectivity index is 2.16. The topological polar surface area (TPSA) is 38.3 Å². The lowest BCUT2D eigenvalue weighted by Crippen LogP contribution is -2.01. The van der Waals surface area contributed by atoms with Crippen LogP contribution in [0.5, 0.6) is 0 Å². The van der Waals surface area contributed by atoms with Gasteiger partial charge in [-0.15, -0.1) is 0 Å². The first-order valence-corrected chi connectivity index (χ1v) is 5.01. The second-order valence-corrected chi connectivity index (χ2v) is 3.81. The first-order chi connectivity index (χ1) is 7.16. The number of carbonyl (C=O) groups excluding carboxylic acids is 1. The predicted octanol–water partition coefficient (Wildman–Crippen LogP) is 2.76. The molecule has 0 aromatic heterocycles. The smallest absolute Gasteiger partial charge is 0.352 e. The second kappa shape index (κ2) is 4.13. The van der Waals surface area contributed by atoms with Gasteiger partial charge in [0.15, 0.2) is 0 Å². The quantitative estimate of drug-likeness (QED) is 0.813. The van der Waals surface area contributed by atoms with Crippen molar-refractivity contribution in [2.75, 3.05) is 11.9 Å². The fourth-order valence-electron chi connectivity index (χ4n) is 1.19. The van der Waals surface area contributed by atoms with E-state index >= 15 is 0 Å². The van der Waals surface area contributed by atoms with Crippen LogP contribution in [0.15, 0.2) is 35.0 Å². The Morgan fingerprint density at radius 3 is 2.40 bits per heavy atom. The average Bonchev–Trinajstić information content (AvgIpc) is 2.53. The van der Waals surface area contributed by atoms with Gasteiger partial charge in [0.2, 0.25) is 0 Å². The highest BCUT2D eigenvalue weighted by atomic mass is 35.5. The van der Waals surface area contributed by atoms with E-state index < -0.39 is 5.97 Å². The largest absolute Gasteiger partial charge is 0.455 e. The molecule has 0 saturated heterocycles. The lowest BCUT2D eigenvalue weighted by atomic mass is 10.3. The standard InChI is InChI=1S/C10H7Cl2NO2/c11-6-1-3-7(4-2-6)13-8-5-15-10(14)9(8)12/h1-4,13H,5H2. The van der Waals surface area contributed by atoms with E-state index in [1.54, 1.807) is 24.3 Å². The van der Waals surface area contributed by atoms with Crippen molar-refractivity contribution in [3.8, 4) is 0 Å². The maximum absolute atomic E-state index is 11.0. The van der Waals surface area contributed by atoms with Crippen LogP contribution in [0.3, 0.4) is 0 Å². The predicted molar refractivity (Wildman–Crippen MR) is 58.9 cm³/mol. The Kier molecular flexibility index (Phi) is 2.84. The highest BCUT2D eigenvalue weighted by molar-refractivity contribution is 6.42. The molecule has 2 rings (SSSR count). The Morgan fingerprint density at radius 2 is 1.87 bits per heavy atom. The molecule has 0 amide bonds. The molecule has 0 fully saturated rings. The first kappa shape index (κ1) is 10.3. The molecule has 1 aliphatic heterocycles. The van der Waals surface area contributed by atoms with Gasteiger partial charge in [0, 0.05) is 10.7 Å². The van der Waals surface area contributed by atoms with Crippen LogP contribution in [-0.2, 0) is 9.53 Å². The van der Waals surface area contributed by atoms with Crippen LogP contribution < -0.4 is 5.32 Å². The highest BCUT2D eigenvalue weighted by Crippen LogP contribution is 2.22. The van der Waals surface area contributed by atoms with Gasteiger partial charge < -0.3 is 10.1 Å². The molecule has 0 unspecified atom stereocenters. The van der Waals surface area contributed by atoms with Gasteiger partial charge in [-0.05, 0) is 24.3 Å². The summed E-state index contributed by atoms with van der Waals surface area (Å²) in [5.41, 5.74) is 1.38. The van der Waals surface area contributed by atoms with E-state index in [9.17, 15) is 4.79 Å². The number of hydrogen-bond acceptors (Lipinski definition) is 3. The third-order valence-electron chi connectivity index (χ3n) is 1.93. The number of cyclic esters (lactones) is 1. The molecule has 0 atom stereocenters. The molecule has 15 heavy (non-hydrogen) atoms. The van der Waals surface area contributed by atoms with Gasteiger partial charge in [-0.1, -0.05) is 23.2 Å². The number of nitrogens with one attached hydrogen (secondary N) is 1. The zero-order chi connectivity index (χ0) is 10.8. The van der Waals surface area contributed by atoms with Crippen LogP contribution in [0.25, 0.3) is 0 Å². The summed E-state index contributed by atoms with van der Waals surface area (Å²) < 4.78 is 4.74. The number of ether oxygens (including phenoxy) is 1. The maximum Gasteiger partial charge on any atom is 0.352 e. The molecule has 0 spiro atoms. The molecule has 1 N–H and O–H groups in total. The van der Waals surface area contributed by atoms with Gasteiger partial charge in [0.1, 0.15) is 11.6 Å². The minimum atomic E-state index is -0.492. The molecule has 1 aromatic carbocycles. The van der Waals surface area contributed by atoms with Crippen molar-refractivity contribution < 1.29 is 9.53 Å². The monoisotopic (exact) mass is 243 g/mol. The number of hydrogen-bond donors (Lipinski definition) is 1. The summed E-state index contributed by atoms with van der Waals surface area (Å²) in [6.07, 6.45) is 0. The van der Waals surface area contributed by atoms with Crippen molar-refractivity contribution in [2.45, 2.75) is 0 Å². The number of carbonyl (C=O) groups is 1. The molecule has 1 aromatic rings. The summed E-state index contributed by atoms with van der Waals surface area (Å²) in [7, 11) is 0. The van der Waals surface area contributed by atoms with Crippen molar-refractivity contribution in [1.29, 1.82) is 0 Å². The van der Waals surface area contributed by atoms with Gasteiger partial charge in [-0.2, -0.15) is 0 Å². The van der Waals surface area contributed by atoms with Crippen molar-refractivity contribution >= 4 is 34.9 Å². The molecular weight excluding hydrogens is 237 g/mol. The number of benzene rings is 1. The SMILES string of the molecule is O=C1OCC(Nc2ccc(Cl)cc2)=C1Cl. The summed E-state index contributed by atoms with van der Waals surface area (Å²) >= 11 is 11.5. The molecule has 0 radical (unpaired) electrons. The second-order valence-electron chi connectivity index (χ2n) is 3.00. The molecule has 3 nitrogen and oxygen atoms in total. The molecule has 0 aliphatic carbocycles. The van der Waals surface area contributed by atoms with Crippen LogP contribution in [0.4, 0.5) is 5.69 Å². The number of halogens is 2. The lowest BCUT2D eigenvalue weighted by Gasteiger charge is -2.05. The van der Waals surface area contributed by atoms with Crippen LogP contribution in [0, 0.1) is 0 Å². The normalized spacial score (nSPS) is 15.5. The van der Waals surface area contributed by atoms with Crippen molar-refractivity contribution in [3.63, 3.8) is 0 Å². The fraction of sp³-hybridized carbons (Fsp3) is 0.100. The number of anilines is 1. The van der Waals surface area contributed by atoms with E-state index in [-0.39, 0.29) is 11.6 Å². The van der Waals surface area contributed by atoms with Crippen molar-refractivity contribution in [3.05, 3.63) is 40.0 Å². The average molecular weight is 244 g/mol.